The quantitative estimate of drug-likeness (QED) is 0.703. The van der Waals surface area contributed by atoms with Gasteiger partial charge in [-0.05, 0) is 49.6 Å². The molecule has 0 saturated carbocycles. The average molecular weight is 466 g/mol. The Morgan fingerprint density at radius 1 is 1.18 bits per heavy atom. The van der Waals surface area contributed by atoms with Gasteiger partial charge in [0.1, 0.15) is 11.3 Å². The van der Waals surface area contributed by atoms with E-state index in [2.05, 4.69) is 10.2 Å². The molecule has 6 rings (SSSR count). The Kier molecular flexibility index (Phi) is 4.42. The molecule has 7 nitrogen and oxygen atoms in total. The molecule has 2 aromatic rings. The summed E-state index contributed by atoms with van der Waals surface area (Å²) in [5, 5.41) is 3.49. The van der Waals surface area contributed by atoms with Gasteiger partial charge in [0.15, 0.2) is 0 Å². The normalized spacial score (nSPS) is 30.1. The number of carbonyl (C=O) groups excluding carboxylic acids is 3. The maximum absolute atomic E-state index is 14.1. The Bertz CT molecular complexity index is 1230. The van der Waals surface area contributed by atoms with Crippen molar-refractivity contribution in [1.29, 1.82) is 0 Å². The van der Waals surface area contributed by atoms with Crippen molar-refractivity contribution in [3.05, 3.63) is 52.5 Å². The van der Waals surface area contributed by atoms with E-state index < -0.39 is 17.4 Å². The molecule has 4 aliphatic heterocycles. The number of anilines is 2. The molecule has 4 heterocycles. The molecule has 1 N–H and O–H groups in total. The summed E-state index contributed by atoms with van der Waals surface area (Å²) in [5.74, 6) is -1.86. The van der Waals surface area contributed by atoms with Crippen LogP contribution in [-0.4, -0.2) is 42.3 Å². The van der Waals surface area contributed by atoms with Crippen molar-refractivity contribution >= 4 is 40.7 Å². The van der Waals surface area contributed by atoms with Gasteiger partial charge < -0.3 is 10.1 Å². The predicted molar refractivity (Wildman–Crippen MR) is 123 cm³/mol. The number of para-hydroxylation sites is 1. The fourth-order valence-corrected chi connectivity index (χ4v) is 6.83. The van der Waals surface area contributed by atoms with Gasteiger partial charge in [-0.25, -0.2) is 4.90 Å². The Hall–Kier alpha value is -2.90. The fourth-order valence-electron chi connectivity index (χ4n) is 6.66. The first-order valence-corrected chi connectivity index (χ1v) is 11.7. The maximum Gasteiger partial charge on any atom is 0.250 e. The van der Waals surface area contributed by atoms with Crippen LogP contribution in [0.25, 0.3) is 0 Å². The first kappa shape index (κ1) is 20.7. The number of benzene rings is 2. The molecule has 1 spiro atoms. The van der Waals surface area contributed by atoms with E-state index in [0.717, 1.165) is 36.1 Å². The number of amides is 3. The highest BCUT2D eigenvalue weighted by atomic mass is 35.5. The van der Waals surface area contributed by atoms with Gasteiger partial charge >= 0.3 is 0 Å². The number of nitrogens with zero attached hydrogens (tertiary/aromatic N) is 2. The number of methoxy groups -OCH3 is 1. The summed E-state index contributed by atoms with van der Waals surface area (Å²) in [6.07, 6.45) is 2.42. The third-order valence-corrected chi connectivity index (χ3v) is 8.11. The van der Waals surface area contributed by atoms with Gasteiger partial charge in [0, 0.05) is 22.3 Å². The van der Waals surface area contributed by atoms with Crippen LogP contribution >= 0.6 is 11.6 Å². The third kappa shape index (κ3) is 2.41. The van der Waals surface area contributed by atoms with Crippen molar-refractivity contribution in [3.8, 4) is 5.75 Å². The highest BCUT2D eigenvalue weighted by molar-refractivity contribution is 6.32. The van der Waals surface area contributed by atoms with Crippen molar-refractivity contribution in [1.82, 2.24) is 4.90 Å². The number of ether oxygens (including phenoxy) is 1. The molecule has 2 aromatic carbocycles. The van der Waals surface area contributed by atoms with Crippen LogP contribution < -0.4 is 15.0 Å². The topological polar surface area (TPSA) is 79.0 Å². The zero-order valence-corrected chi connectivity index (χ0v) is 19.2. The molecule has 3 saturated heterocycles. The van der Waals surface area contributed by atoms with E-state index in [9.17, 15) is 14.4 Å². The summed E-state index contributed by atoms with van der Waals surface area (Å²) in [5.41, 5.74) is 1.78. The lowest BCUT2D eigenvalue weighted by molar-refractivity contribution is -0.135. The van der Waals surface area contributed by atoms with Gasteiger partial charge in [-0.3, -0.25) is 19.3 Å². The van der Waals surface area contributed by atoms with Crippen molar-refractivity contribution in [2.45, 2.75) is 37.8 Å². The predicted octanol–water partition coefficient (Wildman–Crippen LogP) is 3.34. The van der Waals surface area contributed by atoms with Crippen molar-refractivity contribution in [2.75, 3.05) is 23.9 Å². The molecule has 0 aliphatic carbocycles. The van der Waals surface area contributed by atoms with E-state index in [1.807, 2.05) is 25.1 Å². The van der Waals surface area contributed by atoms with E-state index in [4.69, 9.17) is 16.3 Å². The second-order valence-electron chi connectivity index (χ2n) is 9.15. The number of halogens is 1. The Balaban J connectivity index is 1.57. The smallest absolute Gasteiger partial charge is 0.250 e. The molecule has 0 bridgehead atoms. The second-order valence-corrected chi connectivity index (χ2v) is 9.58. The van der Waals surface area contributed by atoms with Gasteiger partial charge in [0.25, 0.3) is 0 Å². The highest BCUT2D eigenvalue weighted by Crippen LogP contribution is 2.61. The molecule has 3 amide bonds. The first-order chi connectivity index (χ1) is 15.9. The van der Waals surface area contributed by atoms with Gasteiger partial charge in [0.05, 0.1) is 24.6 Å². The van der Waals surface area contributed by atoms with Crippen LogP contribution in [0.1, 0.15) is 30.9 Å². The molecule has 4 atom stereocenters. The zero-order chi connectivity index (χ0) is 23.1. The number of hydrogen-bond donors (Lipinski definition) is 1. The van der Waals surface area contributed by atoms with Crippen LogP contribution in [0.3, 0.4) is 0 Å². The molecule has 4 aliphatic rings. The number of nitrogens with one attached hydrogen (secondary N) is 1. The van der Waals surface area contributed by atoms with Crippen LogP contribution in [0.4, 0.5) is 11.4 Å². The van der Waals surface area contributed by atoms with E-state index in [-0.39, 0.29) is 23.8 Å². The fraction of sp³-hybridized carbons (Fsp3) is 0.400. The number of imide groups is 1. The number of rotatable bonds is 3. The largest absolute Gasteiger partial charge is 0.495 e. The molecule has 4 unspecified atom stereocenters. The number of fused-ring (bicyclic) bond motifs is 7. The van der Waals surface area contributed by atoms with E-state index in [1.165, 1.54) is 12.0 Å². The Morgan fingerprint density at radius 2 is 2.00 bits per heavy atom. The number of aryl methyl sites for hydroxylation is 1. The average Bonchev–Trinajstić information content (AvgIpc) is 3.51. The van der Waals surface area contributed by atoms with E-state index in [1.54, 1.807) is 18.2 Å². The van der Waals surface area contributed by atoms with Crippen LogP contribution in [0.2, 0.25) is 5.02 Å². The lowest BCUT2D eigenvalue weighted by Crippen LogP contribution is -2.54. The zero-order valence-electron chi connectivity index (χ0n) is 18.4. The molecular formula is C25H24ClN3O4. The maximum atomic E-state index is 14.1. The van der Waals surface area contributed by atoms with E-state index in [0.29, 0.717) is 23.0 Å². The van der Waals surface area contributed by atoms with Crippen LogP contribution in [0, 0.1) is 11.8 Å². The standard InChI is InChI=1S/C25H24ClN3O4/c1-3-13-6-4-7-15-21(13)27-24(32)25(15)20-19(16-8-5-11-28(16)25)22(30)29(23(20)31)17-12-14(26)9-10-18(17)33-2/h4,6-7,9-10,12,16,19-20H,3,5,8,11H2,1-2H3,(H,27,32). The molecule has 33 heavy (non-hydrogen) atoms. The van der Waals surface area contributed by atoms with Gasteiger partial charge in [-0.1, -0.05) is 36.7 Å². The van der Waals surface area contributed by atoms with E-state index >= 15 is 0 Å². The number of hydrogen-bond acceptors (Lipinski definition) is 5. The van der Waals surface area contributed by atoms with Crippen molar-refractivity contribution in [3.63, 3.8) is 0 Å². The molecule has 0 aromatic heterocycles. The monoisotopic (exact) mass is 465 g/mol. The summed E-state index contributed by atoms with van der Waals surface area (Å²) >= 11 is 6.22. The van der Waals surface area contributed by atoms with Gasteiger partial charge in [-0.15, -0.1) is 0 Å². The molecular weight excluding hydrogens is 442 g/mol. The summed E-state index contributed by atoms with van der Waals surface area (Å²) < 4.78 is 5.45. The molecule has 3 fully saturated rings. The lowest BCUT2D eigenvalue weighted by atomic mass is 9.75. The minimum absolute atomic E-state index is 0.163. The van der Waals surface area contributed by atoms with Crippen LogP contribution in [-0.2, 0) is 26.3 Å². The lowest BCUT2D eigenvalue weighted by Gasteiger charge is -2.36. The second kappa shape index (κ2) is 7.05. The molecule has 8 heteroatoms. The third-order valence-electron chi connectivity index (χ3n) is 7.88. The Morgan fingerprint density at radius 3 is 2.76 bits per heavy atom. The highest BCUT2D eigenvalue weighted by Gasteiger charge is 2.74. The minimum Gasteiger partial charge on any atom is -0.495 e. The molecule has 0 radical (unpaired) electrons. The molecule has 170 valence electrons. The SMILES string of the molecule is CCc1cccc2c1NC(=O)C21C2C(=O)N(c3cc(Cl)ccc3OC)C(=O)C2C2CCCN21. The summed E-state index contributed by atoms with van der Waals surface area (Å²) in [6, 6.07) is 10.6. The van der Waals surface area contributed by atoms with Crippen LogP contribution in [0.15, 0.2) is 36.4 Å². The van der Waals surface area contributed by atoms with Crippen molar-refractivity contribution < 1.29 is 19.1 Å². The Labute approximate surface area is 196 Å². The summed E-state index contributed by atoms with van der Waals surface area (Å²) in [4.78, 5) is 45.1. The first-order valence-electron chi connectivity index (χ1n) is 11.4. The van der Waals surface area contributed by atoms with Gasteiger partial charge in [0.2, 0.25) is 17.7 Å². The number of carbonyl (C=O) groups is 3. The summed E-state index contributed by atoms with van der Waals surface area (Å²) in [6.45, 7) is 2.72. The van der Waals surface area contributed by atoms with Gasteiger partial charge in [-0.2, -0.15) is 0 Å². The minimum atomic E-state index is -1.18. The summed E-state index contributed by atoms with van der Waals surface area (Å²) in [7, 11) is 1.49. The van der Waals surface area contributed by atoms with Crippen LogP contribution in [0.5, 0.6) is 5.75 Å². The van der Waals surface area contributed by atoms with Crippen molar-refractivity contribution in [2.24, 2.45) is 11.8 Å².